The minimum absolute atomic E-state index is 0.0900. The summed E-state index contributed by atoms with van der Waals surface area (Å²) in [6.07, 6.45) is 1.10. The highest BCUT2D eigenvalue weighted by Crippen LogP contribution is 2.65. The summed E-state index contributed by atoms with van der Waals surface area (Å²) in [4.78, 5) is 25.0. The predicted molar refractivity (Wildman–Crippen MR) is 88.4 cm³/mol. The summed E-state index contributed by atoms with van der Waals surface area (Å²) in [5, 5.41) is 13.9. The molecule has 1 aromatic rings. The number of phenolic OH excluding ortho intramolecular Hbond substituents is 1. The molecular formula is C18H22N2O4. The Morgan fingerprint density at radius 2 is 1.92 bits per heavy atom. The van der Waals surface area contributed by atoms with Crippen molar-refractivity contribution in [1.82, 2.24) is 5.43 Å². The molecule has 1 saturated carbocycles. The zero-order valence-corrected chi connectivity index (χ0v) is 14.3. The van der Waals surface area contributed by atoms with Gasteiger partial charge < -0.3 is 9.84 Å². The highest BCUT2D eigenvalue weighted by molar-refractivity contribution is 6.02. The average Bonchev–Trinajstić information content (AvgIpc) is 2.83. The van der Waals surface area contributed by atoms with E-state index in [-0.39, 0.29) is 11.7 Å². The quantitative estimate of drug-likeness (QED) is 0.506. The van der Waals surface area contributed by atoms with Crippen molar-refractivity contribution in [2.24, 2.45) is 15.9 Å². The van der Waals surface area contributed by atoms with Crippen LogP contribution in [-0.2, 0) is 14.3 Å². The second kappa shape index (κ2) is 5.06. The van der Waals surface area contributed by atoms with Gasteiger partial charge in [0.2, 0.25) is 0 Å². The lowest BCUT2D eigenvalue weighted by atomic mass is 9.66. The molecule has 2 N–H and O–H groups in total. The molecule has 0 radical (unpaired) electrons. The second-order valence-electron chi connectivity index (χ2n) is 7.33. The number of hydrazone groups is 1. The number of carbonyl (C=O) groups excluding carboxylic acids is 2. The Kier molecular flexibility index (Phi) is 3.48. The maximum absolute atomic E-state index is 12.8. The van der Waals surface area contributed by atoms with Crippen LogP contribution in [0.25, 0.3) is 0 Å². The molecule has 24 heavy (non-hydrogen) atoms. The van der Waals surface area contributed by atoms with Crippen LogP contribution in [-0.4, -0.2) is 28.3 Å². The number of para-hydroxylation sites is 1. The number of benzene rings is 1. The van der Waals surface area contributed by atoms with Crippen molar-refractivity contribution < 1.29 is 19.4 Å². The molecule has 1 amide bonds. The van der Waals surface area contributed by atoms with E-state index in [4.69, 9.17) is 4.74 Å². The number of nitrogens with zero attached hydrogens (tertiary/aromatic N) is 1. The largest absolute Gasteiger partial charge is 0.507 e. The standard InChI is InChI=1S/C18H22N2O4/c1-11(12-7-5-6-8-13(12)21)19-20-14(22)18-10-9-17(4,15(23)24-18)16(18,2)3/h5-8,21H,9-10H2,1-4H3,(H,20,22)/b19-11-/t17-,18+/m0/s1. The maximum Gasteiger partial charge on any atom is 0.313 e. The summed E-state index contributed by atoms with van der Waals surface area (Å²) in [6.45, 7) is 7.33. The van der Waals surface area contributed by atoms with Crippen LogP contribution in [0.1, 0.15) is 46.1 Å². The second-order valence-corrected chi connectivity index (χ2v) is 7.33. The average molecular weight is 330 g/mol. The van der Waals surface area contributed by atoms with Crippen molar-refractivity contribution >= 4 is 17.6 Å². The third kappa shape index (κ3) is 1.92. The van der Waals surface area contributed by atoms with E-state index in [1.165, 1.54) is 0 Å². The molecule has 2 atom stereocenters. The molecule has 128 valence electrons. The summed E-state index contributed by atoms with van der Waals surface area (Å²) in [5.41, 5.74) is 1.08. The molecule has 0 aromatic heterocycles. The first-order chi connectivity index (χ1) is 11.2. The summed E-state index contributed by atoms with van der Waals surface area (Å²) in [5.74, 6) is -0.653. The molecule has 6 heteroatoms. The van der Waals surface area contributed by atoms with E-state index in [0.717, 1.165) is 0 Å². The summed E-state index contributed by atoms with van der Waals surface area (Å²) >= 11 is 0. The smallest absolute Gasteiger partial charge is 0.313 e. The number of amides is 1. The molecule has 6 nitrogen and oxygen atoms in total. The number of nitrogens with one attached hydrogen (secondary N) is 1. The van der Waals surface area contributed by atoms with Crippen LogP contribution in [0.2, 0.25) is 0 Å². The first-order valence-electron chi connectivity index (χ1n) is 8.02. The van der Waals surface area contributed by atoms with Crippen molar-refractivity contribution in [3.05, 3.63) is 29.8 Å². The van der Waals surface area contributed by atoms with Gasteiger partial charge in [0.25, 0.3) is 5.91 Å². The Hall–Kier alpha value is -2.37. The van der Waals surface area contributed by atoms with Gasteiger partial charge in [0, 0.05) is 11.0 Å². The molecule has 0 unspecified atom stereocenters. The fraction of sp³-hybridized carbons (Fsp3) is 0.500. The number of hydrogen-bond acceptors (Lipinski definition) is 5. The Balaban J connectivity index is 1.85. The molecular weight excluding hydrogens is 308 g/mol. The van der Waals surface area contributed by atoms with Crippen LogP contribution in [0.15, 0.2) is 29.4 Å². The Labute approximate surface area is 140 Å². The summed E-state index contributed by atoms with van der Waals surface area (Å²) in [7, 11) is 0. The van der Waals surface area contributed by atoms with Crippen LogP contribution in [0, 0.1) is 10.8 Å². The van der Waals surface area contributed by atoms with E-state index >= 15 is 0 Å². The van der Waals surface area contributed by atoms with Gasteiger partial charge in [-0.2, -0.15) is 5.10 Å². The molecule has 1 aliphatic carbocycles. The zero-order valence-electron chi connectivity index (χ0n) is 14.3. The molecule has 1 saturated heterocycles. The number of rotatable bonds is 3. The van der Waals surface area contributed by atoms with Crippen molar-refractivity contribution in [1.29, 1.82) is 0 Å². The van der Waals surface area contributed by atoms with E-state index in [1.54, 1.807) is 31.2 Å². The van der Waals surface area contributed by atoms with Gasteiger partial charge in [0.15, 0.2) is 5.60 Å². The number of hydrogen-bond donors (Lipinski definition) is 2. The third-order valence-electron chi connectivity index (χ3n) is 6.07. The van der Waals surface area contributed by atoms with E-state index in [9.17, 15) is 14.7 Å². The fourth-order valence-electron chi connectivity index (χ4n) is 3.81. The third-order valence-corrected chi connectivity index (χ3v) is 6.07. The Bertz CT molecular complexity index is 755. The topological polar surface area (TPSA) is 88.0 Å². The van der Waals surface area contributed by atoms with Gasteiger partial charge >= 0.3 is 5.97 Å². The van der Waals surface area contributed by atoms with Crippen LogP contribution < -0.4 is 5.43 Å². The van der Waals surface area contributed by atoms with Crippen molar-refractivity contribution in [2.75, 3.05) is 0 Å². The molecule has 2 bridgehead atoms. The van der Waals surface area contributed by atoms with Crippen molar-refractivity contribution in [3.63, 3.8) is 0 Å². The maximum atomic E-state index is 12.8. The van der Waals surface area contributed by atoms with Gasteiger partial charge in [-0.15, -0.1) is 0 Å². The van der Waals surface area contributed by atoms with Gasteiger partial charge in [0.05, 0.1) is 11.1 Å². The van der Waals surface area contributed by atoms with Crippen LogP contribution in [0.4, 0.5) is 0 Å². The fourth-order valence-corrected chi connectivity index (χ4v) is 3.81. The molecule has 3 rings (SSSR count). The highest BCUT2D eigenvalue weighted by atomic mass is 16.6. The molecule has 1 aliphatic heterocycles. The van der Waals surface area contributed by atoms with Gasteiger partial charge in [-0.1, -0.05) is 26.0 Å². The lowest BCUT2D eigenvalue weighted by Crippen LogP contribution is -2.52. The molecule has 0 spiro atoms. The highest BCUT2D eigenvalue weighted by Gasteiger charge is 2.75. The Morgan fingerprint density at radius 1 is 1.25 bits per heavy atom. The van der Waals surface area contributed by atoms with E-state index in [0.29, 0.717) is 24.1 Å². The molecule has 2 fully saturated rings. The molecule has 2 aliphatic rings. The lowest BCUT2D eigenvalue weighted by Gasteiger charge is -2.34. The van der Waals surface area contributed by atoms with Gasteiger partial charge in [0.1, 0.15) is 5.75 Å². The predicted octanol–water partition coefficient (Wildman–Crippen LogP) is 2.35. The number of esters is 1. The molecule has 1 aromatic carbocycles. The minimum Gasteiger partial charge on any atom is -0.507 e. The first-order valence-corrected chi connectivity index (χ1v) is 8.02. The Morgan fingerprint density at radius 3 is 2.46 bits per heavy atom. The van der Waals surface area contributed by atoms with Crippen LogP contribution in [0.5, 0.6) is 5.75 Å². The van der Waals surface area contributed by atoms with Gasteiger partial charge in [-0.3, -0.25) is 9.59 Å². The number of phenols is 1. The van der Waals surface area contributed by atoms with E-state index in [2.05, 4.69) is 10.5 Å². The van der Waals surface area contributed by atoms with Crippen LogP contribution >= 0.6 is 0 Å². The van der Waals surface area contributed by atoms with Crippen molar-refractivity contribution in [3.8, 4) is 5.75 Å². The van der Waals surface area contributed by atoms with E-state index in [1.807, 2.05) is 20.8 Å². The number of aromatic hydroxyl groups is 1. The van der Waals surface area contributed by atoms with Crippen LogP contribution in [0.3, 0.4) is 0 Å². The SMILES string of the molecule is C/C(=N/NC(=O)[C@@]12CC[C@@](C)(C(=O)O1)C2(C)C)c1ccccc1O. The summed E-state index contributed by atoms with van der Waals surface area (Å²) < 4.78 is 5.52. The van der Waals surface area contributed by atoms with Gasteiger partial charge in [-0.05, 0) is 38.8 Å². The first kappa shape index (κ1) is 16.5. The number of ether oxygens (including phenoxy) is 1. The number of fused-ring (bicyclic) bond motifs is 2. The normalized spacial score (nSPS) is 31.0. The molecule has 1 heterocycles. The monoisotopic (exact) mass is 330 g/mol. The summed E-state index contributed by atoms with van der Waals surface area (Å²) in [6, 6.07) is 6.76. The van der Waals surface area contributed by atoms with Crippen molar-refractivity contribution in [2.45, 2.75) is 46.1 Å². The lowest BCUT2D eigenvalue weighted by molar-refractivity contribution is -0.168. The minimum atomic E-state index is -1.19. The van der Waals surface area contributed by atoms with E-state index < -0.39 is 22.3 Å². The van der Waals surface area contributed by atoms with Gasteiger partial charge in [-0.25, -0.2) is 5.43 Å². The number of carbonyl (C=O) groups is 2. The zero-order chi connectivity index (χ0) is 17.8.